The van der Waals surface area contributed by atoms with Crippen LogP contribution in [-0.4, -0.2) is 20.3 Å². The summed E-state index contributed by atoms with van der Waals surface area (Å²) < 4.78 is 0. The summed E-state index contributed by atoms with van der Waals surface area (Å²) in [6.07, 6.45) is 13.6. The highest BCUT2D eigenvalue weighted by atomic mass is 15.7. The smallest absolute Gasteiger partial charge is 0.198 e. The van der Waals surface area contributed by atoms with Crippen molar-refractivity contribution in [3.8, 4) is 0 Å². The number of aromatic nitrogens is 4. The van der Waals surface area contributed by atoms with Crippen LogP contribution in [0, 0.1) is 0 Å². The predicted octanol–water partition coefficient (Wildman–Crippen LogP) is 0.605. The Labute approximate surface area is 80.3 Å². The molecule has 0 saturated carbocycles. The van der Waals surface area contributed by atoms with Gasteiger partial charge in [-0.2, -0.15) is 0 Å². The molecule has 0 unspecified atom stereocenters. The molecule has 0 spiro atoms. The standard InChI is InChI=1S/C9H7N5/c1-2-7-13-8(4-1)5-3-6-9-10-11-12-14(9)13/h1-7H. The number of rotatable bonds is 0. The first kappa shape index (κ1) is 7.25. The highest BCUT2D eigenvalue weighted by Crippen LogP contribution is 2.15. The average molecular weight is 185 g/mol. The van der Waals surface area contributed by atoms with Gasteiger partial charge in [0.2, 0.25) is 0 Å². The van der Waals surface area contributed by atoms with Crippen LogP contribution >= 0.6 is 0 Å². The molecule has 68 valence electrons. The third kappa shape index (κ3) is 0.922. The molecule has 0 N–H and O–H groups in total. The van der Waals surface area contributed by atoms with E-state index in [-0.39, 0.29) is 0 Å². The Morgan fingerprint density at radius 1 is 1.07 bits per heavy atom. The van der Waals surface area contributed by atoms with Gasteiger partial charge in [0.1, 0.15) is 0 Å². The van der Waals surface area contributed by atoms with Crippen LogP contribution in [0.25, 0.3) is 6.08 Å². The Morgan fingerprint density at radius 3 is 3.07 bits per heavy atom. The van der Waals surface area contributed by atoms with Crippen molar-refractivity contribution < 1.29 is 0 Å². The van der Waals surface area contributed by atoms with Crippen molar-refractivity contribution in [2.24, 2.45) is 0 Å². The van der Waals surface area contributed by atoms with E-state index in [1.165, 1.54) is 0 Å². The van der Waals surface area contributed by atoms with Gasteiger partial charge < -0.3 is 0 Å². The van der Waals surface area contributed by atoms with E-state index in [0.717, 1.165) is 11.5 Å². The van der Waals surface area contributed by atoms with Crippen LogP contribution in [0.4, 0.5) is 0 Å². The van der Waals surface area contributed by atoms with E-state index in [1.54, 1.807) is 4.79 Å². The van der Waals surface area contributed by atoms with Gasteiger partial charge in [-0.25, -0.2) is 5.01 Å². The molecule has 3 rings (SSSR count). The first-order chi connectivity index (χ1) is 6.95. The van der Waals surface area contributed by atoms with E-state index in [2.05, 4.69) is 15.5 Å². The normalized spacial score (nSPS) is 17.4. The van der Waals surface area contributed by atoms with Gasteiger partial charge in [0.05, 0.1) is 5.70 Å². The summed E-state index contributed by atoms with van der Waals surface area (Å²) in [6.45, 7) is 0. The minimum Gasteiger partial charge on any atom is -0.237 e. The van der Waals surface area contributed by atoms with E-state index in [9.17, 15) is 0 Å². The largest absolute Gasteiger partial charge is 0.237 e. The number of hydrogen-bond acceptors (Lipinski definition) is 4. The summed E-state index contributed by atoms with van der Waals surface area (Å²) in [5.74, 6) is 0.719. The summed E-state index contributed by atoms with van der Waals surface area (Å²) >= 11 is 0. The zero-order chi connectivity index (χ0) is 9.38. The zero-order valence-corrected chi connectivity index (χ0v) is 7.28. The molecule has 0 aromatic carbocycles. The van der Waals surface area contributed by atoms with Crippen LogP contribution in [0.15, 0.2) is 42.3 Å². The molecule has 3 heterocycles. The van der Waals surface area contributed by atoms with Gasteiger partial charge in [0, 0.05) is 6.20 Å². The number of nitrogens with zero attached hydrogens (tertiary/aromatic N) is 5. The molecule has 14 heavy (non-hydrogen) atoms. The Balaban J connectivity index is 2.20. The maximum Gasteiger partial charge on any atom is 0.198 e. The molecular weight excluding hydrogens is 178 g/mol. The molecule has 0 atom stereocenters. The lowest BCUT2D eigenvalue weighted by Gasteiger charge is -2.21. The first-order valence-electron chi connectivity index (χ1n) is 4.26. The fourth-order valence-electron chi connectivity index (χ4n) is 1.43. The lowest BCUT2D eigenvalue weighted by Crippen LogP contribution is -2.30. The number of fused-ring (bicyclic) bond motifs is 3. The maximum atomic E-state index is 3.91. The van der Waals surface area contributed by atoms with Crippen LogP contribution in [0.3, 0.4) is 0 Å². The Morgan fingerprint density at radius 2 is 2.07 bits per heavy atom. The second kappa shape index (κ2) is 2.66. The van der Waals surface area contributed by atoms with Crippen molar-refractivity contribution in [2.45, 2.75) is 0 Å². The molecule has 0 aliphatic carbocycles. The monoisotopic (exact) mass is 185 g/mol. The van der Waals surface area contributed by atoms with Gasteiger partial charge >= 0.3 is 0 Å². The van der Waals surface area contributed by atoms with Gasteiger partial charge in [-0.05, 0) is 34.7 Å². The van der Waals surface area contributed by atoms with Crippen LogP contribution in [-0.2, 0) is 0 Å². The Kier molecular flexibility index (Phi) is 1.38. The second-order valence-electron chi connectivity index (χ2n) is 2.92. The van der Waals surface area contributed by atoms with Gasteiger partial charge in [-0.3, -0.25) is 0 Å². The topological polar surface area (TPSA) is 46.8 Å². The molecule has 5 nitrogen and oxygen atoms in total. The second-order valence-corrected chi connectivity index (χ2v) is 2.92. The zero-order valence-electron chi connectivity index (χ0n) is 7.28. The highest BCUT2D eigenvalue weighted by Gasteiger charge is 2.15. The van der Waals surface area contributed by atoms with E-state index in [0.29, 0.717) is 0 Å². The third-order valence-electron chi connectivity index (χ3n) is 2.06. The van der Waals surface area contributed by atoms with Crippen LogP contribution in [0.2, 0.25) is 0 Å². The van der Waals surface area contributed by atoms with Gasteiger partial charge in [-0.15, -0.1) is 9.89 Å². The minimum atomic E-state index is 0.719. The predicted molar refractivity (Wildman–Crippen MR) is 51.4 cm³/mol. The summed E-state index contributed by atoms with van der Waals surface area (Å²) in [7, 11) is 0. The molecular formula is C9H7N5. The Bertz CT molecular complexity index is 477. The average Bonchev–Trinajstić information content (AvgIpc) is 2.61. The summed E-state index contributed by atoms with van der Waals surface area (Å²) in [6, 6.07) is 0. The van der Waals surface area contributed by atoms with Crippen molar-refractivity contribution in [2.75, 3.05) is 5.01 Å². The van der Waals surface area contributed by atoms with Gasteiger partial charge in [0.15, 0.2) is 5.82 Å². The molecule has 0 radical (unpaired) electrons. The van der Waals surface area contributed by atoms with Crippen molar-refractivity contribution in [3.63, 3.8) is 0 Å². The molecule has 0 saturated heterocycles. The molecule has 2 aliphatic rings. The number of hydrogen-bond donors (Lipinski definition) is 0. The van der Waals surface area contributed by atoms with Gasteiger partial charge in [-0.1, -0.05) is 12.2 Å². The number of allylic oxidation sites excluding steroid dienone is 5. The van der Waals surface area contributed by atoms with Crippen LogP contribution in [0.5, 0.6) is 0 Å². The van der Waals surface area contributed by atoms with E-state index < -0.39 is 0 Å². The lowest BCUT2D eigenvalue weighted by atomic mass is 10.3. The third-order valence-corrected chi connectivity index (χ3v) is 2.06. The molecule has 0 bridgehead atoms. The summed E-state index contributed by atoms with van der Waals surface area (Å²) in [4.78, 5) is 1.65. The highest BCUT2D eigenvalue weighted by molar-refractivity contribution is 5.51. The molecule has 0 fully saturated rings. The van der Waals surface area contributed by atoms with Crippen molar-refractivity contribution in [1.82, 2.24) is 20.3 Å². The SMILES string of the molecule is C1=CC2=CC=Cc3nnnn3N2C=C1. The quantitative estimate of drug-likeness (QED) is 0.594. The van der Waals surface area contributed by atoms with Crippen molar-refractivity contribution in [1.29, 1.82) is 0 Å². The maximum absolute atomic E-state index is 3.91. The number of tetrazole rings is 1. The fraction of sp³-hybridized carbons (Fsp3) is 0. The van der Waals surface area contributed by atoms with Gasteiger partial charge in [0.25, 0.3) is 0 Å². The van der Waals surface area contributed by atoms with Crippen molar-refractivity contribution in [3.05, 3.63) is 48.1 Å². The molecule has 2 aliphatic heterocycles. The molecule has 5 heteroatoms. The first-order valence-corrected chi connectivity index (χ1v) is 4.26. The fourth-order valence-corrected chi connectivity index (χ4v) is 1.43. The molecule has 0 amide bonds. The summed E-state index contributed by atoms with van der Waals surface area (Å²) in [5.41, 5.74) is 1.04. The summed E-state index contributed by atoms with van der Waals surface area (Å²) in [5, 5.41) is 13.3. The lowest BCUT2D eigenvalue weighted by molar-refractivity contribution is 0.634. The molecule has 1 aromatic rings. The minimum absolute atomic E-state index is 0.719. The Hall–Kier alpha value is -2.17. The van der Waals surface area contributed by atoms with Crippen LogP contribution < -0.4 is 5.01 Å². The van der Waals surface area contributed by atoms with E-state index >= 15 is 0 Å². The molecule has 1 aromatic heterocycles. The van der Waals surface area contributed by atoms with Crippen molar-refractivity contribution >= 4 is 6.08 Å². The van der Waals surface area contributed by atoms with Crippen LogP contribution in [0.1, 0.15) is 5.82 Å². The van der Waals surface area contributed by atoms with E-state index in [4.69, 9.17) is 0 Å². The van der Waals surface area contributed by atoms with E-state index in [1.807, 2.05) is 47.7 Å².